The molecular weight excluding hydrogens is 284 g/mol. The van der Waals surface area contributed by atoms with Crippen LogP contribution in [-0.4, -0.2) is 11.4 Å². The molecule has 1 heterocycles. The third-order valence-corrected chi connectivity index (χ3v) is 4.80. The molecule has 1 saturated heterocycles. The quantitative estimate of drug-likeness (QED) is 0.553. The maximum atomic E-state index is 11.8. The van der Waals surface area contributed by atoms with Gasteiger partial charge in [0.2, 0.25) is 0 Å². The highest BCUT2D eigenvalue weighted by Crippen LogP contribution is 2.32. The van der Waals surface area contributed by atoms with Crippen molar-refractivity contribution in [1.82, 2.24) is 5.43 Å². The van der Waals surface area contributed by atoms with Gasteiger partial charge in [0.05, 0.1) is 11.2 Å². The van der Waals surface area contributed by atoms with E-state index in [2.05, 4.69) is 43.2 Å². The third-order valence-electron chi connectivity index (χ3n) is 4.80. The number of carbonyl (C=O) groups excluding carboxylic acids is 1. The summed E-state index contributed by atoms with van der Waals surface area (Å²) >= 11 is 0. The van der Waals surface area contributed by atoms with Gasteiger partial charge in [0.15, 0.2) is 0 Å². The van der Waals surface area contributed by atoms with Gasteiger partial charge < -0.3 is 0 Å². The largest absolute Gasteiger partial charge is 0.275 e. The summed E-state index contributed by atoms with van der Waals surface area (Å²) in [5.41, 5.74) is 5.49. The van der Waals surface area contributed by atoms with Gasteiger partial charge in [-0.2, -0.15) is 0 Å². The molecule has 3 nitrogen and oxygen atoms in total. The number of hydrogen-bond acceptors (Lipinski definition) is 2. The van der Waals surface area contributed by atoms with Gasteiger partial charge in [-0.25, -0.2) is 0 Å². The summed E-state index contributed by atoms with van der Waals surface area (Å²) in [7, 11) is 0. The van der Waals surface area contributed by atoms with E-state index in [0.717, 1.165) is 12.1 Å². The van der Waals surface area contributed by atoms with Gasteiger partial charge in [0.1, 0.15) is 0 Å². The van der Waals surface area contributed by atoms with Crippen molar-refractivity contribution >= 4 is 11.6 Å². The van der Waals surface area contributed by atoms with Crippen molar-refractivity contribution in [3.05, 3.63) is 42.0 Å². The zero-order chi connectivity index (χ0) is 16.9. The molecule has 0 aliphatic carbocycles. The minimum Gasteiger partial charge on any atom is -0.275 e. The minimum absolute atomic E-state index is 0.0915. The van der Waals surface area contributed by atoms with Crippen LogP contribution in [0.1, 0.15) is 64.9 Å². The number of aryl methyl sites for hydroxylation is 1. The highest BCUT2D eigenvalue weighted by Gasteiger charge is 2.41. The number of benzene rings is 1. The van der Waals surface area contributed by atoms with Gasteiger partial charge in [-0.1, -0.05) is 57.7 Å². The molecule has 3 heteroatoms. The zero-order valence-electron chi connectivity index (χ0n) is 14.8. The van der Waals surface area contributed by atoms with E-state index < -0.39 is 5.54 Å². The SMILES string of the molecule is C=C1C(=O)NN(c2ccc(CCCCCCCC)cc2)C1(C)C. The third kappa shape index (κ3) is 4.15. The first-order valence-corrected chi connectivity index (χ1v) is 8.86. The molecule has 1 fully saturated rings. The standard InChI is InChI=1S/C20H30N2O/c1-5-6-7-8-9-10-11-17-12-14-18(15-13-17)22-20(3,4)16(2)19(23)21-22/h12-15H,2,5-11H2,1,3-4H3,(H,21,23). The van der Waals surface area contributed by atoms with Gasteiger partial charge >= 0.3 is 0 Å². The lowest BCUT2D eigenvalue weighted by Crippen LogP contribution is -2.44. The Hall–Kier alpha value is -1.77. The molecule has 1 amide bonds. The van der Waals surface area contributed by atoms with Crippen LogP contribution in [0.15, 0.2) is 36.4 Å². The molecule has 0 unspecified atom stereocenters. The predicted octanol–water partition coefficient (Wildman–Crippen LogP) is 4.78. The number of nitrogens with zero attached hydrogens (tertiary/aromatic N) is 1. The summed E-state index contributed by atoms with van der Waals surface area (Å²) in [4.78, 5) is 11.8. The highest BCUT2D eigenvalue weighted by molar-refractivity contribution is 6.00. The van der Waals surface area contributed by atoms with Crippen LogP contribution in [0.5, 0.6) is 0 Å². The van der Waals surface area contributed by atoms with E-state index in [9.17, 15) is 4.79 Å². The van der Waals surface area contributed by atoms with Crippen LogP contribution in [0.4, 0.5) is 5.69 Å². The molecule has 0 radical (unpaired) electrons. The van der Waals surface area contributed by atoms with E-state index >= 15 is 0 Å². The second-order valence-electron chi connectivity index (χ2n) is 7.00. The maximum absolute atomic E-state index is 11.8. The van der Waals surface area contributed by atoms with Crippen molar-refractivity contribution < 1.29 is 4.79 Å². The maximum Gasteiger partial charge on any atom is 0.267 e. The summed E-state index contributed by atoms with van der Waals surface area (Å²) in [6, 6.07) is 8.52. The lowest BCUT2D eigenvalue weighted by molar-refractivity contribution is -0.116. The number of rotatable bonds is 8. The minimum atomic E-state index is -0.391. The van der Waals surface area contributed by atoms with Crippen LogP contribution in [-0.2, 0) is 11.2 Å². The van der Waals surface area contributed by atoms with Crippen LogP contribution in [0.2, 0.25) is 0 Å². The average molecular weight is 314 g/mol. The van der Waals surface area contributed by atoms with E-state index in [-0.39, 0.29) is 5.91 Å². The number of anilines is 1. The second-order valence-corrected chi connectivity index (χ2v) is 7.00. The summed E-state index contributed by atoms with van der Waals surface area (Å²) in [5, 5.41) is 1.91. The Morgan fingerprint density at radius 2 is 1.65 bits per heavy atom. The molecule has 23 heavy (non-hydrogen) atoms. The summed E-state index contributed by atoms with van der Waals surface area (Å²) in [6.45, 7) is 10.2. The first-order chi connectivity index (χ1) is 11.0. The Labute approximate surface area is 140 Å². The lowest BCUT2D eigenvalue weighted by atomic mass is 9.96. The number of nitrogens with one attached hydrogen (secondary N) is 1. The van der Waals surface area contributed by atoms with Crippen LogP contribution in [0, 0.1) is 0 Å². The monoisotopic (exact) mass is 314 g/mol. The first-order valence-electron chi connectivity index (χ1n) is 8.86. The predicted molar refractivity (Wildman–Crippen MR) is 97.4 cm³/mol. The fourth-order valence-corrected chi connectivity index (χ4v) is 3.03. The van der Waals surface area contributed by atoms with Crippen molar-refractivity contribution in [1.29, 1.82) is 0 Å². The molecule has 0 aromatic heterocycles. The van der Waals surface area contributed by atoms with E-state index in [1.807, 2.05) is 18.9 Å². The van der Waals surface area contributed by atoms with Crippen LogP contribution in [0.25, 0.3) is 0 Å². The highest BCUT2D eigenvalue weighted by atomic mass is 16.2. The van der Waals surface area contributed by atoms with E-state index in [0.29, 0.717) is 5.57 Å². The Morgan fingerprint density at radius 1 is 1.04 bits per heavy atom. The van der Waals surface area contributed by atoms with Crippen molar-refractivity contribution in [2.24, 2.45) is 0 Å². The van der Waals surface area contributed by atoms with Crippen molar-refractivity contribution in [3.63, 3.8) is 0 Å². The van der Waals surface area contributed by atoms with E-state index in [4.69, 9.17) is 0 Å². The van der Waals surface area contributed by atoms with Gasteiger partial charge in [-0.05, 0) is 44.4 Å². The van der Waals surface area contributed by atoms with Gasteiger partial charge in [0.25, 0.3) is 5.91 Å². The number of carbonyl (C=O) groups is 1. The molecule has 2 rings (SSSR count). The summed E-state index contributed by atoms with van der Waals surface area (Å²) < 4.78 is 0. The molecular formula is C20H30N2O. The lowest BCUT2D eigenvalue weighted by Gasteiger charge is -2.32. The van der Waals surface area contributed by atoms with Gasteiger partial charge in [-0.15, -0.1) is 0 Å². The molecule has 1 aliphatic heterocycles. The smallest absolute Gasteiger partial charge is 0.267 e. The van der Waals surface area contributed by atoms with E-state index in [1.165, 1.54) is 44.1 Å². The van der Waals surface area contributed by atoms with Crippen LogP contribution >= 0.6 is 0 Å². The molecule has 0 atom stereocenters. The normalized spacial score (nSPS) is 16.7. The molecule has 126 valence electrons. The molecule has 0 bridgehead atoms. The summed E-state index contributed by atoms with van der Waals surface area (Å²) in [6.07, 6.45) is 9.08. The Balaban J connectivity index is 1.88. The molecule has 0 spiro atoms. The Bertz CT molecular complexity index is 545. The summed E-state index contributed by atoms with van der Waals surface area (Å²) in [5.74, 6) is -0.0915. The Morgan fingerprint density at radius 3 is 2.22 bits per heavy atom. The van der Waals surface area contributed by atoms with E-state index in [1.54, 1.807) is 0 Å². The Kier molecular flexibility index (Phi) is 5.86. The average Bonchev–Trinajstić information content (AvgIpc) is 2.74. The molecule has 1 aromatic carbocycles. The van der Waals surface area contributed by atoms with Crippen molar-refractivity contribution in [3.8, 4) is 0 Å². The van der Waals surface area contributed by atoms with Gasteiger partial charge in [-0.3, -0.25) is 15.2 Å². The topological polar surface area (TPSA) is 32.3 Å². The van der Waals surface area contributed by atoms with Gasteiger partial charge in [0, 0.05) is 5.57 Å². The van der Waals surface area contributed by atoms with Crippen molar-refractivity contribution in [2.45, 2.75) is 71.3 Å². The fraction of sp³-hybridized carbons (Fsp3) is 0.550. The fourth-order valence-electron chi connectivity index (χ4n) is 3.03. The first kappa shape index (κ1) is 17.6. The molecule has 1 aliphatic rings. The van der Waals surface area contributed by atoms with Crippen LogP contribution < -0.4 is 10.4 Å². The number of unbranched alkanes of at least 4 members (excludes halogenated alkanes) is 5. The molecule has 1 N–H and O–H groups in total. The second kappa shape index (κ2) is 7.67. The number of amides is 1. The van der Waals surface area contributed by atoms with Crippen molar-refractivity contribution in [2.75, 3.05) is 5.01 Å². The van der Waals surface area contributed by atoms with Crippen LogP contribution in [0.3, 0.4) is 0 Å². The molecule has 1 aromatic rings. The number of hydrogen-bond donors (Lipinski definition) is 1. The molecule has 0 saturated carbocycles. The zero-order valence-corrected chi connectivity index (χ0v) is 14.8. The number of hydrazine groups is 1.